The second kappa shape index (κ2) is 9.91. The second-order valence-corrected chi connectivity index (χ2v) is 6.33. The monoisotopic (exact) mass is 421 g/mol. The summed E-state index contributed by atoms with van der Waals surface area (Å²) in [6.07, 6.45) is -4.40. The van der Waals surface area contributed by atoms with Crippen LogP contribution in [0.3, 0.4) is 0 Å². The van der Waals surface area contributed by atoms with E-state index >= 15 is 0 Å². The zero-order valence-electron chi connectivity index (χ0n) is 17.0. The minimum Gasteiger partial charge on any atom is -0.398 e. The number of carbonyl (C=O) groups is 1. The fraction of sp³-hybridized carbons (Fsp3) is 0.286. The molecule has 0 spiro atoms. The third-order valence-corrected chi connectivity index (χ3v) is 4.33. The molecule has 0 atom stereocenters. The van der Waals surface area contributed by atoms with Crippen LogP contribution >= 0.6 is 0 Å². The highest BCUT2D eigenvalue weighted by atomic mass is 19.4. The number of benzene rings is 2. The summed E-state index contributed by atoms with van der Waals surface area (Å²) in [5.74, 6) is -0.423. The van der Waals surface area contributed by atoms with Gasteiger partial charge in [-0.2, -0.15) is 13.2 Å². The van der Waals surface area contributed by atoms with E-state index in [1.165, 1.54) is 26.3 Å². The molecule has 0 aliphatic carbocycles. The molecule has 0 radical (unpaired) electrons. The van der Waals surface area contributed by atoms with E-state index in [0.717, 1.165) is 17.7 Å². The maximum Gasteiger partial charge on any atom is 0.416 e. The van der Waals surface area contributed by atoms with Crippen LogP contribution in [-0.2, 0) is 27.3 Å². The van der Waals surface area contributed by atoms with Crippen LogP contribution in [-0.4, -0.2) is 31.5 Å². The predicted molar refractivity (Wildman–Crippen MR) is 107 cm³/mol. The molecule has 0 aliphatic rings. The number of oxime groups is 2. The van der Waals surface area contributed by atoms with E-state index in [1.54, 1.807) is 19.1 Å². The minimum absolute atomic E-state index is 0.0275. The summed E-state index contributed by atoms with van der Waals surface area (Å²) in [4.78, 5) is 22.4. The van der Waals surface area contributed by atoms with Gasteiger partial charge in [0.25, 0.3) is 5.91 Å². The number of carbonyl (C=O) groups excluding carboxylic acids is 1. The zero-order chi connectivity index (χ0) is 22.3. The molecule has 0 fully saturated rings. The molecule has 9 heteroatoms. The Labute approximate surface area is 172 Å². The van der Waals surface area contributed by atoms with E-state index in [-0.39, 0.29) is 12.3 Å². The molecule has 0 aromatic heterocycles. The number of alkyl halides is 3. The second-order valence-electron chi connectivity index (χ2n) is 6.33. The minimum atomic E-state index is -4.40. The lowest BCUT2D eigenvalue weighted by Crippen LogP contribution is -2.29. The first-order valence-corrected chi connectivity index (χ1v) is 8.95. The summed E-state index contributed by atoms with van der Waals surface area (Å²) < 4.78 is 38.1. The van der Waals surface area contributed by atoms with E-state index in [4.69, 9.17) is 9.68 Å². The van der Waals surface area contributed by atoms with Gasteiger partial charge in [-0.3, -0.25) is 4.79 Å². The summed E-state index contributed by atoms with van der Waals surface area (Å²) >= 11 is 0. The summed E-state index contributed by atoms with van der Waals surface area (Å²) in [5, 5.41) is 10.3. The molecule has 0 heterocycles. The van der Waals surface area contributed by atoms with Crippen LogP contribution < -0.4 is 5.32 Å². The standard InChI is InChI=1S/C21H22F3N3O3/c1-13-6-5-7-17(19(27-29-4)20(28)25-3)18(13)12-30-26-14(2)15-8-10-16(11-9-15)21(22,23)24/h5-11H,12H2,1-4H3,(H,25,28)/b26-14+,27-19+. The molecule has 0 bridgehead atoms. The van der Waals surface area contributed by atoms with Crippen LogP contribution in [0.4, 0.5) is 13.2 Å². The quantitative estimate of drug-likeness (QED) is 0.542. The normalized spacial score (nSPS) is 12.5. The van der Waals surface area contributed by atoms with Crippen LogP contribution in [0.25, 0.3) is 0 Å². The van der Waals surface area contributed by atoms with Gasteiger partial charge in [0, 0.05) is 18.2 Å². The van der Waals surface area contributed by atoms with Gasteiger partial charge in [-0.25, -0.2) is 0 Å². The van der Waals surface area contributed by atoms with Crippen molar-refractivity contribution in [1.82, 2.24) is 5.32 Å². The van der Waals surface area contributed by atoms with Gasteiger partial charge in [0.05, 0.1) is 11.3 Å². The van der Waals surface area contributed by atoms with Gasteiger partial charge in [-0.1, -0.05) is 40.6 Å². The van der Waals surface area contributed by atoms with Crippen molar-refractivity contribution >= 4 is 17.3 Å². The molecule has 1 amide bonds. The molecule has 160 valence electrons. The first-order chi connectivity index (χ1) is 14.2. The molecular formula is C21H22F3N3O3. The Morgan fingerprint density at radius 1 is 1.10 bits per heavy atom. The number of nitrogens with zero attached hydrogens (tertiary/aromatic N) is 2. The lowest BCUT2D eigenvalue weighted by atomic mass is 9.98. The predicted octanol–water partition coefficient (Wildman–Crippen LogP) is 4.05. The number of nitrogens with one attached hydrogen (secondary N) is 1. The number of amides is 1. The van der Waals surface area contributed by atoms with Gasteiger partial charge in [0.15, 0.2) is 5.71 Å². The summed E-state index contributed by atoms with van der Waals surface area (Å²) in [7, 11) is 2.82. The molecule has 6 nitrogen and oxygen atoms in total. The molecule has 1 N–H and O–H groups in total. The summed E-state index contributed by atoms with van der Waals surface area (Å²) in [6.45, 7) is 3.51. The topological polar surface area (TPSA) is 72.3 Å². The van der Waals surface area contributed by atoms with Gasteiger partial charge in [0.2, 0.25) is 0 Å². The van der Waals surface area contributed by atoms with Gasteiger partial charge < -0.3 is 15.0 Å². The molecule has 0 saturated carbocycles. The fourth-order valence-corrected chi connectivity index (χ4v) is 2.69. The third kappa shape index (κ3) is 5.59. The summed E-state index contributed by atoms with van der Waals surface area (Å²) in [6, 6.07) is 9.99. The molecule has 2 aromatic carbocycles. The van der Waals surface area contributed by atoms with Crippen molar-refractivity contribution in [2.75, 3.05) is 14.2 Å². The number of rotatable bonds is 7. The number of hydrogen-bond acceptors (Lipinski definition) is 5. The lowest BCUT2D eigenvalue weighted by Gasteiger charge is -2.13. The maximum absolute atomic E-state index is 12.7. The number of aryl methyl sites for hydroxylation is 1. The highest BCUT2D eigenvalue weighted by molar-refractivity contribution is 6.45. The molecule has 0 aliphatic heterocycles. The highest BCUT2D eigenvalue weighted by Crippen LogP contribution is 2.29. The van der Waals surface area contributed by atoms with Crippen LogP contribution in [0.5, 0.6) is 0 Å². The summed E-state index contributed by atoms with van der Waals surface area (Å²) in [5.41, 5.74) is 2.33. The van der Waals surface area contributed by atoms with E-state index in [1.807, 2.05) is 13.0 Å². The number of likely N-dealkylation sites (N-methyl/N-ethyl adjacent to an activating group) is 1. The van der Waals surface area contributed by atoms with Crippen LogP contribution in [0, 0.1) is 6.92 Å². The Kier molecular flexibility index (Phi) is 7.57. The largest absolute Gasteiger partial charge is 0.416 e. The van der Waals surface area contributed by atoms with E-state index in [2.05, 4.69) is 15.6 Å². The molecule has 0 unspecified atom stereocenters. The van der Waals surface area contributed by atoms with E-state index in [9.17, 15) is 18.0 Å². The van der Waals surface area contributed by atoms with E-state index < -0.39 is 17.6 Å². The average Bonchev–Trinajstić information content (AvgIpc) is 2.72. The SMILES string of the molecule is CNC(=O)/C(=N/OC)c1cccc(C)c1CO/N=C(\C)c1ccc(C(F)(F)F)cc1. The van der Waals surface area contributed by atoms with Crippen molar-refractivity contribution in [3.8, 4) is 0 Å². The number of halogens is 3. The third-order valence-electron chi connectivity index (χ3n) is 4.33. The van der Waals surface area contributed by atoms with Crippen LogP contribution in [0.1, 0.15) is 34.7 Å². The van der Waals surface area contributed by atoms with Crippen molar-refractivity contribution in [2.45, 2.75) is 26.6 Å². The van der Waals surface area contributed by atoms with Gasteiger partial charge >= 0.3 is 6.18 Å². The lowest BCUT2D eigenvalue weighted by molar-refractivity contribution is -0.137. The first kappa shape index (κ1) is 22.9. The fourth-order valence-electron chi connectivity index (χ4n) is 2.69. The zero-order valence-corrected chi connectivity index (χ0v) is 17.0. The maximum atomic E-state index is 12.7. The average molecular weight is 421 g/mol. The van der Waals surface area contributed by atoms with Gasteiger partial charge in [-0.15, -0.1) is 0 Å². The van der Waals surface area contributed by atoms with Crippen molar-refractivity contribution < 1.29 is 27.6 Å². The molecule has 2 rings (SSSR count). The Hall–Kier alpha value is -3.36. The number of hydrogen-bond donors (Lipinski definition) is 1. The van der Waals surface area contributed by atoms with Crippen molar-refractivity contribution in [1.29, 1.82) is 0 Å². The van der Waals surface area contributed by atoms with Crippen molar-refractivity contribution in [3.05, 3.63) is 70.3 Å². The smallest absolute Gasteiger partial charge is 0.398 e. The Morgan fingerprint density at radius 2 is 1.77 bits per heavy atom. The van der Waals surface area contributed by atoms with E-state index in [0.29, 0.717) is 22.4 Å². The van der Waals surface area contributed by atoms with Crippen LogP contribution in [0.15, 0.2) is 52.8 Å². The Bertz CT molecular complexity index is 952. The molecule has 30 heavy (non-hydrogen) atoms. The Balaban J connectivity index is 2.23. The van der Waals surface area contributed by atoms with Gasteiger partial charge in [-0.05, 0) is 37.1 Å². The molecule has 2 aromatic rings. The molecule has 0 saturated heterocycles. The van der Waals surface area contributed by atoms with Crippen molar-refractivity contribution in [3.63, 3.8) is 0 Å². The Morgan fingerprint density at radius 3 is 2.33 bits per heavy atom. The highest BCUT2D eigenvalue weighted by Gasteiger charge is 2.30. The first-order valence-electron chi connectivity index (χ1n) is 8.95. The van der Waals surface area contributed by atoms with Crippen LogP contribution in [0.2, 0.25) is 0 Å². The molecular weight excluding hydrogens is 399 g/mol. The van der Waals surface area contributed by atoms with Crippen molar-refractivity contribution in [2.24, 2.45) is 10.3 Å². The van der Waals surface area contributed by atoms with Gasteiger partial charge in [0.1, 0.15) is 13.7 Å².